The van der Waals surface area contributed by atoms with Crippen LogP contribution in [0, 0.1) is 0 Å². The molecule has 9 nitrogen and oxygen atoms in total. The predicted octanol–water partition coefficient (Wildman–Crippen LogP) is 5.40. The number of nitrogens with zero attached hydrogens (tertiary/aromatic N) is 5. The molecule has 41 heavy (non-hydrogen) atoms. The molecule has 2 aliphatic heterocycles. The number of nitrogens with one attached hydrogen (secondary N) is 1. The molecule has 2 aliphatic rings. The summed E-state index contributed by atoms with van der Waals surface area (Å²) in [6.45, 7) is 8.63. The van der Waals surface area contributed by atoms with Gasteiger partial charge in [0, 0.05) is 31.9 Å². The summed E-state index contributed by atoms with van der Waals surface area (Å²) in [6, 6.07) is 20.3. The predicted molar refractivity (Wildman–Crippen MR) is 164 cm³/mol. The van der Waals surface area contributed by atoms with Crippen molar-refractivity contribution in [1.82, 2.24) is 15.0 Å². The summed E-state index contributed by atoms with van der Waals surface area (Å²) in [4.78, 5) is 19.4. The van der Waals surface area contributed by atoms with E-state index < -0.39 is 0 Å². The first kappa shape index (κ1) is 27.0. The van der Waals surface area contributed by atoms with E-state index >= 15 is 0 Å². The molecule has 2 aromatic heterocycles. The summed E-state index contributed by atoms with van der Waals surface area (Å²) in [6.07, 6.45) is 4.41. The van der Waals surface area contributed by atoms with Crippen molar-refractivity contribution in [2.24, 2.45) is 0 Å². The molecular formula is C32H36N6O3. The van der Waals surface area contributed by atoms with Crippen LogP contribution in [-0.4, -0.2) is 73.7 Å². The molecule has 4 heterocycles. The Balaban J connectivity index is 1.24. The molecule has 2 aromatic carbocycles. The Morgan fingerprint density at radius 3 is 2.12 bits per heavy atom. The molecule has 212 valence electrons. The van der Waals surface area contributed by atoms with Gasteiger partial charge in [-0.15, -0.1) is 0 Å². The fourth-order valence-corrected chi connectivity index (χ4v) is 5.28. The number of morpholine rings is 2. The summed E-state index contributed by atoms with van der Waals surface area (Å²) in [5.41, 5.74) is 3.86. The first-order chi connectivity index (χ1) is 20.0. The maximum Gasteiger partial charge on any atom is 0.229 e. The molecule has 1 N–H and O–H groups in total. The first-order valence-electron chi connectivity index (χ1n) is 14.2. The third-order valence-electron chi connectivity index (χ3n) is 7.31. The van der Waals surface area contributed by atoms with Crippen LogP contribution in [0.15, 0.2) is 60.7 Å². The summed E-state index contributed by atoms with van der Waals surface area (Å²) < 4.78 is 16.8. The van der Waals surface area contributed by atoms with Gasteiger partial charge in [-0.05, 0) is 61.4 Å². The van der Waals surface area contributed by atoms with E-state index in [9.17, 15) is 0 Å². The molecule has 2 saturated heterocycles. The van der Waals surface area contributed by atoms with Crippen LogP contribution in [0.3, 0.4) is 0 Å². The SMILES string of the molecule is COc1ccc(C=Cc2ccc(Nc3ccc4c(N5CCOCC5)nc(N5CC(C)OC(C)C5)nc4n3)cc2)cc1. The highest BCUT2D eigenvalue weighted by molar-refractivity contribution is 5.89. The summed E-state index contributed by atoms with van der Waals surface area (Å²) in [5, 5.41) is 4.38. The Morgan fingerprint density at radius 2 is 1.46 bits per heavy atom. The Bertz CT molecular complexity index is 1490. The minimum Gasteiger partial charge on any atom is -0.497 e. The number of pyridine rings is 1. The van der Waals surface area contributed by atoms with Gasteiger partial charge in [-0.3, -0.25) is 0 Å². The number of rotatable bonds is 7. The zero-order valence-corrected chi connectivity index (χ0v) is 23.8. The molecule has 6 rings (SSSR count). The van der Waals surface area contributed by atoms with Gasteiger partial charge in [0.1, 0.15) is 17.4 Å². The number of benzene rings is 2. The lowest BCUT2D eigenvalue weighted by Crippen LogP contribution is -2.46. The molecule has 2 fully saturated rings. The van der Waals surface area contributed by atoms with Crippen molar-refractivity contribution in [2.75, 3.05) is 61.6 Å². The van der Waals surface area contributed by atoms with Gasteiger partial charge in [0.2, 0.25) is 5.95 Å². The molecule has 0 saturated carbocycles. The van der Waals surface area contributed by atoms with Crippen molar-refractivity contribution >= 4 is 46.5 Å². The molecule has 0 amide bonds. The number of ether oxygens (including phenoxy) is 3. The molecule has 2 unspecified atom stereocenters. The third-order valence-corrected chi connectivity index (χ3v) is 7.31. The van der Waals surface area contributed by atoms with Crippen molar-refractivity contribution in [1.29, 1.82) is 0 Å². The van der Waals surface area contributed by atoms with Crippen LogP contribution in [0.2, 0.25) is 0 Å². The Kier molecular flexibility index (Phi) is 7.98. The average Bonchev–Trinajstić information content (AvgIpc) is 3.00. The van der Waals surface area contributed by atoms with Crippen molar-refractivity contribution in [3.8, 4) is 5.75 Å². The zero-order valence-electron chi connectivity index (χ0n) is 23.8. The van der Waals surface area contributed by atoms with E-state index in [4.69, 9.17) is 29.2 Å². The molecule has 0 bridgehead atoms. The van der Waals surface area contributed by atoms with Crippen molar-refractivity contribution in [3.05, 3.63) is 71.8 Å². The van der Waals surface area contributed by atoms with E-state index in [2.05, 4.69) is 71.4 Å². The van der Waals surface area contributed by atoms with Crippen molar-refractivity contribution in [3.63, 3.8) is 0 Å². The van der Waals surface area contributed by atoms with Gasteiger partial charge in [-0.25, -0.2) is 4.98 Å². The van der Waals surface area contributed by atoms with E-state index in [1.165, 1.54) is 0 Å². The lowest BCUT2D eigenvalue weighted by atomic mass is 10.1. The van der Waals surface area contributed by atoms with Crippen molar-refractivity contribution in [2.45, 2.75) is 26.1 Å². The topological polar surface area (TPSA) is 84.9 Å². The van der Waals surface area contributed by atoms with Crippen LogP contribution in [0.5, 0.6) is 5.75 Å². The van der Waals surface area contributed by atoms with E-state index in [1.54, 1.807) is 7.11 Å². The summed E-state index contributed by atoms with van der Waals surface area (Å²) in [5.74, 6) is 3.19. The van der Waals surface area contributed by atoms with Crippen LogP contribution < -0.4 is 19.9 Å². The monoisotopic (exact) mass is 552 g/mol. The third kappa shape index (κ3) is 6.42. The maximum atomic E-state index is 5.95. The van der Waals surface area contributed by atoms with Crippen LogP contribution >= 0.6 is 0 Å². The highest BCUT2D eigenvalue weighted by atomic mass is 16.5. The lowest BCUT2D eigenvalue weighted by molar-refractivity contribution is -0.00570. The minimum absolute atomic E-state index is 0.111. The van der Waals surface area contributed by atoms with Gasteiger partial charge in [0.05, 0.1) is 37.9 Å². The quantitative estimate of drug-likeness (QED) is 0.303. The van der Waals surface area contributed by atoms with Crippen molar-refractivity contribution < 1.29 is 14.2 Å². The molecule has 0 radical (unpaired) electrons. The fraction of sp³-hybridized carbons (Fsp3) is 0.344. The van der Waals surface area contributed by atoms with E-state index in [1.807, 2.05) is 30.3 Å². The van der Waals surface area contributed by atoms with Gasteiger partial charge in [0.25, 0.3) is 0 Å². The Hall–Kier alpha value is -4.21. The normalized spacial score (nSPS) is 19.6. The van der Waals surface area contributed by atoms with Gasteiger partial charge in [-0.1, -0.05) is 36.4 Å². The number of methoxy groups -OCH3 is 1. The molecule has 0 spiro atoms. The standard InChI is InChI=1S/C32H36N6O3/c1-22-20-38(21-23(2)41-22)32-35-30-28(31(36-32)37-16-18-40-19-17-37)14-15-29(34-30)33-26-10-6-24(7-11-26)4-5-25-8-12-27(39-3)13-9-25/h4-15,22-23H,16-21H2,1-3H3,(H,33,34,35,36). The zero-order chi connectivity index (χ0) is 28.2. The Labute approximate surface area is 240 Å². The fourth-order valence-electron chi connectivity index (χ4n) is 5.28. The number of aromatic nitrogens is 3. The summed E-state index contributed by atoms with van der Waals surface area (Å²) >= 11 is 0. The first-order valence-corrected chi connectivity index (χ1v) is 14.2. The highest BCUT2D eigenvalue weighted by Crippen LogP contribution is 2.29. The molecular weight excluding hydrogens is 516 g/mol. The van der Waals surface area contributed by atoms with Gasteiger partial charge < -0.3 is 29.3 Å². The van der Waals surface area contributed by atoms with E-state index in [-0.39, 0.29) is 12.2 Å². The number of anilines is 4. The minimum atomic E-state index is 0.111. The highest BCUT2D eigenvalue weighted by Gasteiger charge is 2.26. The van der Waals surface area contributed by atoms with Crippen LogP contribution in [0.4, 0.5) is 23.3 Å². The number of hydrogen-bond donors (Lipinski definition) is 1. The van der Waals surface area contributed by atoms with Gasteiger partial charge in [0.15, 0.2) is 5.65 Å². The molecule has 4 aromatic rings. The average molecular weight is 553 g/mol. The van der Waals surface area contributed by atoms with E-state index in [0.29, 0.717) is 24.8 Å². The summed E-state index contributed by atoms with van der Waals surface area (Å²) in [7, 11) is 1.67. The molecule has 0 aliphatic carbocycles. The van der Waals surface area contributed by atoms with E-state index in [0.717, 1.165) is 65.8 Å². The van der Waals surface area contributed by atoms with Crippen LogP contribution in [-0.2, 0) is 9.47 Å². The van der Waals surface area contributed by atoms with Gasteiger partial charge in [-0.2, -0.15) is 9.97 Å². The second kappa shape index (κ2) is 12.1. The maximum absolute atomic E-state index is 5.95. The molecule has 2 atom stereocenters. The Morgan fingerprint density at radius 1 is 0.805 bits per heavy atom. The molecule has 9 heteroatoms. The second-order valence-corrected chi connectivity index (χ2v) is 10.5. The van der Waals surface area contributed by atoms with Crippen LogP contribution in [0.25, 0.3) is 23.2 Å². The van der Waals surface area contributed by atoms with Gasteiger partial charge >= 0.3 is 0 Å². The smallest absolute Gasteiger partial charge is 0.229 e. The van der Waals surface area contributed by atoms with Crippen LogP contribution in [0.1, 0.15) is 25.0 Å². The largest absolute Gasteiger partial charge is 0.497 e. The number of fused-ring (bicyclic) bond motifs is 1. The number of hydrogen-bond acceptors (Lipinski definition) is 9. The second-order valence-electron chi connectivity index (χ2n) is 10.5. The lowest BCUT2D eigenvalue weighted by Gasteiger charge is -2.36.